The van der Waals surface area contributed by atoms with Crippen molar-refractivity contribution in [3.05, 3.63) is 0 Å². The fraction of sp³-hybridized carbons (Fsp3) is 0.917. The summed E-state index contributed by atoms with van der Waals surface area (Å²) in [4.78, 5) is 11.4. The van der Waals surface area contributed by atoms with Crippen molar-refractivity contribution in [2.24, 2.45) is 5.92 Å². The molecule has 1 atom stereocenters. The van der Waals surface area contributed by atoms with Gasteiger partial charge < -0.3 is 4.74 Å². The molecular formula is C12H25NaO2. The summed E-state index contributed by atoms with van der Waals surface area (Å²) >= 11 is 0. The van der Waals surface area contributed by atoms with Gasteiger partial charge in [-0.15, -0.1) is 0 Å². The van der Waals surface area contributed by atoms with Crippen LogP contribution < -0.4 is 0 Å². The molecule has 0 aliphatic carbocycles. The van der Waals surface area contributed by atoms with Crippen molar-refractivity contribution in [3.63, 3.8) is 0 Å². The monoisotopic (exact) mass is 224 g/mol. The van der Waals surface area contributed by atoms with E-state index >= 15 is 0 Å². The molecule has 0 amide bonds. The second kappa shape index (κ2) is 12.5. The zero-order chi connectivity index (χ0) is 10.8. The van der Waals surface area contributed by atoms with Crippen molar-refractivity contribution < 1.29 is 9.53 Å². The number of esters is 1. The van der Waals surface area contributed by atoms with Crippen LogP contribution in [0.15, 0.2) is 0 Å². The molecule has 0 saturated carbocycles. The number of ether oxygens (including phenoxy) is 1. The summed E-state index contributed by atoms with van der Waals surface area (Å²) < 4.78 is 5.01. The molecule has 0 heterocycles. The van der Waals surface area contributed by atoms with E-state index in [0.717, 1.165) is 19.3 Å². The van der Waals surface area contributed by atoms with Gasteiger partial charge in [-0.25, -0.2) is 0 Å². The second-order valence-corrected chi connectivity index (χ2v) is 3.71. The molecule has 0 aliphatic heterocycles. The van der Waals surface area contributed by atoms with Crippen molar-refractivity contribution in [2.45, 2.75) is 59.3 Å². The molecule has 15 heavy (non-hydrogen) atoms. The van der Waals surface area contributed by atoms with Crippen LogP contribution in [0.3, 0.4) is 0 Å². The molecule has 0 rings (SSSR count). The number of carbonyl (C=O) groups excluding carboxylic acids is 1. The number of unbranched alkanes of at least 4 members (excludes halogenated alkanes) is 3. The van der Waals surface area contributed by atoms with Gasteiger partial charge in [-0.3, -0.25) is 4.79 Å². The fourth-order valence-corrected chi connectivity index (χ4v) is 1.57. The molecular weight excluding hydrogens is 199 g/mol. The summed E-state index contributed by atoms with van der Waals surface area (Å²) in [5.74, 6) is 0.123. The van der Waals surface area contributed by atoms with Gasteiger partial charge in [-0.2, -0.15) is 0 Å². The predicted molar refractivity (Wildman–Crippen MR) is 66.3 cm³/mol. The summed E-state index contributed by atoms with van der Waals surface area (Å²) in [6.07, 6.45) is 6.83. The van der Waals surface area contributed by atoms with Crippen LogP contribution in [-0.4, -0.2) is 42.1 Å². The number of rotatable bonds is 8. The van der Waals surface area contributed by atoms with Gasteiger partial charge in [0.15, 0.2) is 0 Å². The van der Waals surface area contributed by atoms with E-state index < -0.39 is 0 Å². The Labute approximate surface area is 116 Å². The van der Waals surface area contributed by atoms with Gasteiger partial charge in [-0.1, -0.05) is 39.5 Å². The van der Waals surface area contributed by atoms with E-state index in [0.29, 0.717) is 6.61 Å². The van der Waals surface area contributed by atoms with E-state index in [1.54, 1.807) is 0 Å². The van der Waals surface area contributed by atoms with E-state index in [1.807, 2.05) is 6.92 Å². The average molecular weight is 224 g/mol. The first-order valence-corrected chi connectivity index (χ1v) is 5.92. The standard InChI is InChI=1S/C12H24O2.Na.H/c1-4-7-8-9-10-11(5-2)12(13)14-6-3;;/h11H,4-10H2,1-3H3;;. The van der Waals surface area contributed by atoms with Crippen LogP contribution in [-0.2, 0) is 9.53 Å². The van der Waals surface area contributed by atoms with Crippen LogP contribution in [0.2, 0.25) is 0 Å². The summed E-state index contributed by atoms with van der Waals surface area (Å²) in [6.45, 7) is 6.62. The molecule has 0 saturated heterocycles. The Morgan fingerprint density at radius 3 is 2.27 bits per heavy atom. The fourth-order valence-electron chi connectivity index (χ4n) is 1.57. The predicted octanol–water partition coefficient (Wildman–Crippen LogP) is 2.90. The molecule has 0 bridgehead atoms. The third-order valence-electron chi connectivity index (χ3n) is 2.52. The number of hydrogen-bond acceptors (Lipinski definition) is 2. The molecule has 86 valence electrons. The van der Waals surface area contributed by atoms with Crippen molar-refractivity contribution in [3.8, 4) is 0 Å². The van der Waals surface area contributed by atoms with E-state index in [2.05, 4.69) is 13.8 Å². The quantitative estimate of drug-likeness (QED) is 0.360. The summed E-state index contributed by atoms with van der Waals surface area (Å²) in [5, 5.41) is 0. The molecule has 0 fully saturated rings. The zero-order valence-electron chi connectivity index (χ0n) is 9.84. The third kappa shape index (κ3) is 9.40. The minimum absolute atomic E-state index is 0. The van der Waals surface area contributed by atoms with Gasteiger partial charge in [0.2, 0.25) is 0 Å². The topological polar surface area (TPSA) is 26.3 Å². The van der Waals surface area contributed by atoms with E-state index in [-0.39, 0.29) is 41.4 Å². The van der Waals surface area contributed by atoms with Crippen LogP contribution in [0.5, 0.6) is 0 Å². The summed E-state index contributed by atoms with van der Waals surface area (Å²) in [5.41, 5.74) is 0. The van der Waals surface area contributed by atoms with E-state index in [9.17, 15) is 4.79 Å². The van der Waals surface area contributed by atoms with E-state index in [1.165, 1.54) is 19.3 Å². The molecule has 0 aliphatic rings. The Morgan fingerprint density at radius 2 is 1.80 bits per heavy atom. The molecule has 0 aromatic rings. The Balaban J connectivity index is 0. The van der Waals surface area contributed by atoms with Crippen molar-refractivity contribution in [1.82, 2.24) is 0 Å². The Hall–Kier alpha value is 0.470. The van der Waals surface area contributed by atoms with Gasteiger partial charge in [0.05, 0.1) is 12.5 Å². The Kier molecular flexibility index (Phi) is 14.9. The summed E-state index contributed by atoms with van der Waals surface area (Å²) in [6, 6.07) is 0. The van der Waals surface area contributed by atoms with Crippen molar-refractivity contribution >= 4 is 35.5 Å². The molecule has 2 nitrogen and oxygen atoms in total. The number of hydrogen-bond donors (Lipinski definition) is 0. The van der Waals surface area contributed by atoms with Gasteiger partial charge in [0.1, 0.15) is 0 Å². The van der Waals surface area contributed by atoms with Gasteiger partial charge >= 0.3 is 35.5 Å². The van der Waals surface area contributed by atoms with E-state index in [4.69, 9.17) is 4.74 Å². The Morgan fingerprint density at radius 1 is 1.13 bits per heavy atom. The van der Waals surface area contributed by atoms with Crippen LogP contribution >= 0.6 is 0 Å². The maximum absolute atomic E-state index is 11.4. The first kappa shape index (κ1) is 17.9. The van der Waals surface area contributed by atoms with Crippen LogP contribution in [0.25, 0.3) is 0 Å². The van der Waals surface area contributed by atoms with Gasteiger partial charge in [0, 0.05) is 0 Å². The molecule has 0 aromatic carbocycles. The molecule has 1 unspecified atom stereocenters. The van der Waals surface area contributed by atoms with Gasteiger partial charge in [0.25, 0.3) is 0 Å². The minimum atomic E-state index is -0.00787. The van der Waals surface area contributed by atoms with Crippen molar-refractivity contribution in [1.29, 1.82) is 0 Å². The van der Waals surface area contributed by atoms with Crippen LogP contribution in [0.4, 0.5) is 0 Å². The molecule has 0 radical (unpaired) electrons. The van der Waals surface area contributed by atoms with Gasteiger partial charge in [-0.05, 0) is 19.8 Å². The SMILES string of the molecule is CCCCCCC(CC)C(=O)OCC.[NaH]. The van der Waals surface area contributed by atoms with Crippen LogP contribution in [0, 0.1) is 5.92 Å². The normalized spacial score (nSPS) is 11.7. The van der Waals surface area contributed by atoms with Crippen molar-refractivity contribution in [2.75, 3.05) is 6.61 Å². The van der Waals surface area contributed by atoms with Crippen LogP contribution in [0.1, 0.15) is 59.3 Å². The molecule has 0 N–H and O–H groups in total. The Bertz CT molecular complexity index is 149. The zero-order valence-corrected chi connectivity index (χ0v) is 9.84. The first-order chi connectivity index (χ1) is 6.76. The third-order valence-corrected chi connectivity index (χ3v) is 2.52. The maximum atomic E-state index is 11.4. The second-order valence-electron chi connectivity index (χ2n) is 3.71. The summed E-state index contributed by atoms with van der Waals surface area (Å²) in [7, 11) is 0. The average Bonchev–Trinajstić information content (AvgIpc) is 2.18. The number of carbonyl (C=O) groups is 1. The molecule has 0 aromatic heterocycles. The first-order valence-electron chi connectivity index (χ1n) is 5.92. The molecule has 0 spiro atoms. The molecule has 3 heteroatoms.